The molecule has 0 unspecified atom stereocenters. The molecule has 0 amide bonds. The van der Waals surface area contributed by atoms with Crippen LogP contribution in [0, 0.1) is 6.92 Å². The van der Waals surface area contributed by atoms with Crippen molar-refractivity contribution in [2.75, 3.05) is 11.9 Å². The van der Waals surface area contributed by atoms with Crippen molar-refractivity contribution in [2.45, 2.75) is 38.2 Å². The summed E-state index contributed by atoms with van der Waals surface area (Å²) in [4.78, 5) is 5.42. The number of nitrogens with zero attached hydrogens (tertiary/aromatic N) is 1. The van der Waals surface area contributed by atoms with Crippen molar-refractivity contribution >= 4 is 16.5 Å². The average Bonchev–Trinajstić information content (AvgIpc) is 2.49. The number of hydrogen-bond acceptors (Lipinski definition) is 4. The van der Waals surface area contributed by atoms with Gasteiger partial charge in [-0.3, -0.25) is 0 Å². The normalized spacial score (nSPS) is 19.0. The molecule has 14 heavy (non-hydrogen) atoms. The molecule has 1 aromatic rings. The molecule has 3 nitrogen and oxygen atoms in total. The first-order chi connectivity index (χ1) is 6.68. The van der Waals surface area contributed by atoms with Crippen LogP contribution < -0.4 is 5.32 Å². The Morgan fingerprint density at radius 1 is 1.64 bits per heavy atom. The van der Waals surface area contributed by atoms with Crippen molar-refractivity contribution in [3.05, 3.63) is 11.1 Å². The predicted molar refractivity (Wildman–Crippen MR) is 58.8 cm³/mol. The van der Waals surface area contributed by atoms with Crippen LogP contribution in [0.5, 0.6) is 0 Å². The van der Waals surface area contributed by atoms with Crippen LogP contribution in [-0.2, 0) is 0 Å². The minimum atomic E-state index is -0.376. The predicted octanol–water partition coefficient (Wildman–Crippen LogP) is 2.17. The summed E-state index contributed by atoms with van der Waals surface area (Å²) < 4.78 is 0. The Labute approximate surface area is 88.2 Å². The minimum Gasteiger partial charge on any atom is -0.390 e. The maximum atomic E-state index is 9.84. The molecule has 2 rings (SSSR count). The second kappa shape index (κ2) is 3.87. The monoisotopic (exact) mass is 212 g/mol. The number of hydrogen-bond donors (Lipinski definition) is 2. The minimum absolute atomic E-state index is 0.376. The molecule has 0 radical (unpaired) electrons. The van der Waals surface area contributed by atoms with Crippen LogP contribution in [0.15, 0.2) is 6.20 Å². The summed E-state index contributed by atoms with van der Waals surface area (Å²) in [7, 11) is 0. The fourth-order valence-electron chi connectivity index (χ4n) is 1.67. The van der Waals surface area contributed by atoms with Gasteiger partial charge in [-0.2, -0.15) is 0 Å². The molecule has 0 atom stereocenters. The lowest BCUT2D eigenvalue weighted by molar-refractivity contribution is -0.0370. The van der Waals surface area contributed by atoms with Crippen LogP contribution in [0.2, 0.25) is 0 Å². The van der Waals surface area contributed by atoms with Gasteiger partial charge in [0.2, 0.25) is 0 Å². The number of aromatic nitrogens is 1. The van der Waals surface area contributed by atoms with Gasteiger partial charge in [0.25, 0.3) is 0 Å². The Hall–Kier alpha value is -0.610. The summed E-state index contributed by atoms with van der Waals surface area (Å²) in [5, 5.41) is 14.0. The van der Waals surface area contributed by atoms with Gasteiger partial charge < -0.3 is 10.4 Å². The molecule has 1 fully saturated rings. The Morgan fingerprint density at radius 2 is 2.43 bits per heavy atom. The number of thiazole rings is 1. The smallest absolute Gasteiger partial charge is 0.182 e. The van der Waals surface area contributed by atoms with Gasteiger partial charge in [-0.05, 0) is 32.6 Å². The van der Waals surface area contributed by atoms with Gasteiger partial charge in [-0.1, -0.05) is 0 Å². The zero-order valence-electron chi connectivity index (χ0n) is 8.42. The second-order valence-corrected chi connectivity index (χ2v) is 5.27. The summed E-state index contributed by atoms with van der Waals surface area (Å²) in [6, 6.07) is 0. The van der Waals surface area contributed by atoms with Gasteiger partial charge in [0, 0.05) is 17.6 Å². The van der Waals surface area contributed by atoms with E-state index in [0.717, 1.165) is 30.9 Å². The van der Waals surface area contributed by atoms with Crippen molar-refractivity contribution in [1.29, 1.82) is 0 Å². The topological polar surface area (TPSA) is 45.2 Å². The molecule has 78 valence electrons. The fourth-order valence-corrected chi connectivity index (χ4v) is 2.36. The number of nitrogens with one attached hydrogen (secondary N) is 1. The fraction of sp³-hybridized carbons (Fsp3) is 0.700. The van der Waals surface area contributed by atoms with Crippen LogP contribution in [0.1, 0.15) is 30.6 Å². The van der Waals surface area contributed by atoms with Crippen LogP contribution in [0.3, 0.4) is 0 Å². The van der Waals surface area contributed by atoms with Gasteiger partial charge in [0.05, 0.1) is 5.60 Å². The van der Waals surface area contributed by atoms with E-state index in [-0.39, 0.29) is 5.60 Å². The SMILES string of the molecule is Cc1cnc(NCCC2(O)CCC2)s1. The average molecular weight is 212 g/mol. The largest absolute Gasteiger partial charge is 0.390 e. The molecule has 0 saturated heterocycles. The number of aryl methyl sites for hydroxylation is 1. The highest BCUT2D eigenvalue weighted by atomic mass is 32.1. The first-order valence-corrected chi connectivity index (χ1v) is 5.88. The van der Waals surface area contributed by atoms with Crippen molar-refractivity contribution in [3.63, 3.8) is 0 Å². The summed E-state index contributed by atoms with van der Waals surface area (Å²) in [6.45, 7) is 2.87. The second-order valence-electron chi connectivity index (χ2n) is 4.03. The molecular formula is C10H16N2OS. The molecule has 1 aromatic heterocycles. The first-order valence-electron chi connectivity index (χ1n) is 5.07. The third-order valence-corrected chi connectivity index (χ3v) is 3.64. The molecule has 1 heterocycles. The Morgan fingerprint density at radius 3 is 2.93 bits per heavy atom. The summed E-state index contributed by atoms with van der Waals surface area (Å²) >= 11 is 1.66. The molecule has 0 bridgehead atoms. The zero-order chi connectivity index (χ0) is 10.0. The summed E-state index contributed by atoms with van der Waals surface area (Å²) in [5.41, 5.74) is -0.376. The quantitative estimate of drug-likeness (QED) is 0.804. The molecule has 0 aromatic carbocycles. The zero-order valence-corrected chi connectivity index (χ0v) is 9.23. The molecule has 1 aliphatic carbocycles. The number of anilines is 1. The van der Waals surface area contributed by atoms with E-state index in [1.807, 2.05) is 13.1 Å². The summed E-state index contributed by atoms with van der Waals surface area (Å²) in [6.07, 6.45) is 5.81. The molecule has 0 spiro atoms. The van der Waals surface area contributed by atoms with Gasteiger partial charge in [-0.15, -0.1) is 11.3 Å². The third-order valence-electron chi connectivity index (χ3n) is 2.77. The highest BCUT2D eigenvalue weighted by molar-refractivity contribution is 7.15. The van der Waals surface area contributed by atoms with E-state index in [1.165, 1.54) is 11.3 Å². The Balaban J connectivity index is 1.72. The Kier molecular flexibility index (Phi) is 2.74. The van der Waals surface area contributed by atoms with Gasteiger partial charge in [-0.25, -0.2) is 4.98 Å². The van der Waals surface area contributed by atoms with E-state index in [1.54, 1.807) is 11.3 Å². The highest BCUT2D eigenvalue weighted by Gasteiger charge is 2.33. The molecule has 0 aliphatic heterocycles. The van der Waals surface area contributed by atoms with E-state index in [9.17, 15) is 5.11 Å². The van der Waals surface area contributed by atoms with Gasteiger partial charge >= 0.3 is 0 Å². The van der Waals surface area contributed by atoms with Gasteiger partial charge in [0.15, 0.2) is 5.13 Å². The molecular weight excluding hydrogens is 196 g/mol. The number of aliphatic hydroxyl groups is 1. The lowest BCUT2D eigenvalue weighted by Crippen LogP contribution is -2.38. The maximum absolute atomic E-state index is 9.84. The summed E-state index contributed by atoms with van der Waals surface area (Å²) in [5.74, 6) is 0. The Bertz CT molecular complexity index is 307. The van der Waals surface area contributed by atoms with E-state index in [0.29, 0.717) is 0 Å². The van der Waals surface area contributed by atoms with E-state index >= 15 is 0 Å². The van der Waals surface area contributed by atoms with Crippen LogP contribution in [0.25, 0.3) is 0 Å². The molecule has 1 aliphatic rings. The van der Waals surface area contributed by atoms with E-state index in [4.69, 9.17) is 0 Å². The highest BCUT2D eigenvalue weighted by Crippen LogP contribution is 2.34. The van der Waals surface area contributed by atoms with Crippen molar-refractivity contribution in [1.82, 2.24) is 4.98 Å². The van der Waals surface area contributed by atoms with Crippen LogP contribution >= 0.6 is 11.3 Å². The van der Waals surface area contributed by atoms with Crippen molar-refractivity contribution in [2.24, 2.45) is 0 Å². The third kappa shape index (κ3) is 2.25. The van der Waals surface area contributed by atoms with Crippen molar-refractivity contribution < 1.29 is 5.11 Å². The lowest BCUT2D eigenvalue weighted by atomic mass is 9.78. The van der Waals surface area contributed by atoms with Crippen molar-refractivity contribution in [3.8, 4) is 0 Å². The number of rotatable bonds is 4. The molecule has 4 heteroatoms. The van der Waals surface area contributed by atoms with E-state index in [2.05, 4.69) is 10.3 Å². The van der Waals surface area contributed by atoms with Crippen LogP contribution in [0.4, 0.5) is 5.13 Å². The first kappa shape index (κ1) is 9.93. The lowest BCUT2D eigenvalue weighted by Gasteiger charge is -2.36. The molecule has 2 N–H and O–H groups in total. The molecule has 1 saturated carbocycles. The van der Waals surface area contributed by atoms with Crippen LogP contribution in [-0.4, -0.2) is 22.2 Å². The van der Waals surface area contributed by atoms with Gasteiger partial charge in [0.1, 0.15) is 0 Å². The van der Waals surface area contributed by atoms with E-state index < -0.39 is 0 Å². The standard InChI is InChI=1S/C10H16N2OS/c1-8-7-12-9(14-8)11-6-5-10(13)3-2-4-10/h7,13H,2-6H2,1H3,(H,11,12). The maximum Gasteiger partial charge on any atom is 0.182 e.